The number of hydrogen-bond acceptors (Lipinski definition) is 1. The molecule has 0 amide bonds. The summed E-state index contributed by atoms with van der Waals surface area (Å²) in [7, 11) is 0. The molecule has 0 bridgehead atoms. The lowest BCUT2D eigenvalue weighted by molar-refractivity contribution is 0.372. The van der Waals surface area contributed by atoms with E-state index < -0.39 is 0 Å². The van der Waals surface area contributed by atoms with Crippen molar-refractivity contribution in [3.63, 3.8) is 0 Å². The molecule has 0 aromatic heterocycles. The summed E-state index contributed by atoms with van der Waals surface area (Å²) in [5.74, 6) is -0.180. The monoisotopic (exact) mass is 269 g/mol. The fraction of sp³-hybridized carbons (Fsp3) is 0.600. The van der Waals surface area contributed by atoms with Crippen molar-refractivity contribution >= 4 is 11.6 Å². The molecule has 0 aliphatic heterocycles. The highest BCUT2D eigenvalue weighted by molar-refractivity contribution is 6.31. The van der Waals surface area contributed by atoms with Gasteiger partial charge in [0.15, 0.2) is 0 Å². The van der Waals surface area contributed by atoms with Gasteiger partial charge in [0.2, 0.25) is 0 Å². The van der Waals surface area contributed by atoms with Crippen LogP contribution in [0.5, 0.6) is 0 Å². The van der Waals surface area contributed by atoms with Crippen LogP contribution in [0.15, 0.2) is 18.2 Å². The molecule has 1 aliphatic carbocycles. The number of hydrogen-bond donors (Lipinski definition) is 1. The predicted octanol–water partition coefficient (Wildman–Crippen LogP) is 4.33. The van der Waals surface area contributed by atoms with Gasteiger partial charge in [0.25, 0.3) is 0 Å². The predicted molar refractivity (Wildman–Crippen MR) is 74.6 cm³/mol. The fourth-order valence-electron chi connectivity index (χ4n) is 2.65. The third kappa shape index (κ3) is 3.96. The van der Waals surface area contributed by atoms with Crippen LogP contribution in [0.2, 0.25) is 5.02 Å². The molecule has 1 aromatic carbocycles. The number of benzene rings is 1. The molecular weight excluding hydrogens is 249 g/mol. The lowest BCUT2D eigenvalue weighted by atomic mass is 9.95. The van der Waals surface area contributed by atoms with Gasteiger partial charge in [0.1, 0.15) is 5.82 Å². The maximum Gasteiger partial charge on any atom is 0.127 e. The normalized spacial score (nSPS) is 17.0. The zero-order valence-corrected chi connectivity index (χ0v) is 11.5. The molecule has 3 heteroatoms. The first-order valence-electron chi connectivity index (χ1n) is 6.93. The Kier molecular flexibility index (Phi) is 5.45. The third-order valence-corrected chi connectivity index (χ3v) is 4.06. The van der Waals surface area contributed by atoms with E-state index in [4.69, 9.17) is 11.6 Å². The smallest absolute Gasteiger partial charge is 0.127 e. The van der Waals surface area contributed by atoms with Gasteiger partial charge < -0.3 is 5.32 Å². The van der Waals surface area contributed by atoms with Crippen molar-refractivity contribution in [3.8, 4) is 0 Å². The summed E-state index contributed by atoms with van der Waals surface area (Å²) in [5.41, 5.74) is 0.657. The summed E-state index contributed by atoms with van der Waals surface area (Å²) in [6.07, 6.45) is 8.31. The van der Waals surface area contributed by atoms with Crippen LogP contribution < -0.4 is 5.32 Å². The van der Waals surface area contributed by atoms with Crippen LogP contribution in [0, 0.1) is 5.82 Å². The molecule has 100 valence electrons. The first-order chi connectivity index (χ1) is 8.77. The molecule has 1 aliphatic rings. The summed E-state index contributed by atoms with van der Waals surface area (Å²) in [6, 6.07) is 5.57. The van der Waals surface area contributed by atoms with Crippen LogP contribution in [0.25, 0.3) is 0 Å². The zero-order valence-electron chi connectivity index (χ0n) is 10.7. The standard InChI is InChI=1S/C15H21ClFN/c16-14-9-4-10-15(17)13(14)8-5-11-18-12-6-2-1-3-7-12/h4,9-10,12,18H,1-3,5-8,11H2. The van der Waals surface area contributed by atoms with Gasteiger partial charge in [-0.05, 0) is 44.4 Å². The summed E-state index contributed by atoms with van der Waals surface area (Å²) in [4.78, 5) is 0. The van der Waals surface area contributed by atoms with Crippen molar-refractivity contribution in [2.75, 3.05) is 6.54 Å². The van der Waals surface area contributed by atoms with Gasteiger partial charge in [-0.15, -0.1) is 0 Å². The molecule has 1 saturated carbocycles. The van der Waals surface area contributed by atoms with Crippen LogP contribution >= 0.6 is 11.6 Å². The highest BCUT2D eigenvalue weighted by atomic mass is 35.5. The Morgan fingerprint density at radius 3 is 2.72 bits per heavy atom. The van der Waals surface area contributed by atoms with Gasteiger partial charge in [-0.3, -0.25) is 0 Å². The van der Waals surface area contributed by atoms with Crippen LogP contribution in [0.4, 0.5) is 4.39 Å². The molecule has 0 radical (unpaired) electrons. The van der Waals surface area contributed by atoms with E-state index in [9.17, 15) is 4.39 Å². The quantitative estimate of drug-likeness (QED) is 0.785. The molecular formula is C15H21ClFN. The van der Waals surface area contributed by atoms with Crippen LogP contribution in [-0.2, 0) is 6.42 Å². The first kappa shape index (κ1) is 13.8. The highest BCUT2D eigenvalue weighted by Crippen LogP contribution is 2.21. The van der Waals surface area contributed by atoms with Gasteiger partial charge in [-0.25, -0.2) is 4.39 Å². The van der Waals surface area contributed by atoms with Gasteiger partial charge in [0.05, 0.1) is 0 Å². The largest absolute Gasteiger partial charge is 0.314 e. The Labute approximate surface area is 114 Å². The molecule has 0 saturated heterocycles. The van der Waals surface area contributed by atoms with Gasteiger partial charge in [-0.2, -0.15) is 0 Å². The maximum absolute atomic E-state index is 13.5. The molecule has 0 heterocycles. The second kappa shape index (κ2) is 7.10. The summed E-state index contributed by atoms with van der Waals surface area (Å²) < 4.78 is 13.5. The number of nitrogens with one attached hydrogen (secondary N) is 1. The van der Waals surface area contributed by atoms with E-state index >= 15 is 0 Å². The zero-order chi connectivity index (χ0) is 12.8. The van der Waals surface area contributed by atoms with E-state index in [-0.39, 0.29) is 5.82 Å². The minimum absolute atomic E-state index is 0.180. The Bertz CT molecular complexity index is 355. The Balaban J connectivity index is 1.71. The van der Waals surface area contributed by atoms with Gasteiger partial charge in [-0.1, -0.05) is 36.9 Å². The van der Waals surface area contributed by atoms with Crippen molar-refractivity contribution in [2.45, 2.75) is 51.0 Å². The number of halogens is 2. The Morgan fingerprint density at radius 1 is 1.22 bits per heavy atom. The second-order valence-electron chi connectivity index (χ2n) is 5.09. The average Bonchev–Trinajstić information content (AvgIpc) is 2.38. The van der Waals surface area contributed by atoms with E-state index in [0.717, 1.165) is 13.0 Å². The molecule has 2 rings (SSSR count). The van der Waals surface area contributed by atoms with E-state index in [1.54, 1.807) is 12.1 Å². The molecule has 1 N–H and O–H groups in total. The summed E-state index contributed by atoms with van der Waals surface area (Å²) >= 11 is 6.00. The topological polar surface area (TPSA) is 12.0 Å². The van der Waals surface area contributed by atoms with Crippen molar-refractivity contribution < 1.29 is 4.39 Å². The number of rotatable bonds is 5. The van der Waals surface area contributed by atoms with Gasteiger partial charge in [0, 0.05) is 16.6 Å². The second-order valence-corrected chi connectivity index (χ2v) is 5.50. The Morgan fingerprint density at radius 2 is 2.00 bits per heavy atom. The molecule has 1 fully saturated rings. The van der Waals surface area contributed by atoms with E-state index in [0.29, 0.717) is 23.0 Å². The SMILES string of the molecule is Fc1cccc(Cl)c1CCCNC1CCCCC1. The lowest BCUT2D eigenvalue weighted by Crippen LogP contribution is -2.31. The molecule has 0 atom stereocenters. The van der Waals surface area contributed by atoms with E-state index in [1.807, 2.05) is 0 Å². The molecule has 1 nitrogen and oxygen atoms in total. The Hall–Kier alpha value is -0.600. The molecule has 18 heavy (non-hydrogen) atoms. The van der Waals surface area contributed by atoms with Crippen molar-refractivity contribution in [1.29, 1.82) is 0 Å². The summed E-state index contributed by atoms with van der Waals surface area (Å²) in [6.45, 7) is 0.954. The van der Waals surface area contributed by atoms with Crippen LogP contribution in [0.3, 0.4) is 0 Å². The minimum atomic E-state index is -0.180. The summed E-state index contributed by atoms with van der Waals surface area (Å²) in [5, 5.41) is 4.11. The lowest BCUT2D eigenvalue weighted by Gasteiger charge is -2.22. The average molecular weight is 270 g/mol. The van der Waals surface area contributed by atoms with Gasteiger partial charge >= 0.3 is 0 Å². The maximum atomic E-state index is 13.5. The molecule has 0 unspecified atom stereocenters. The van der Waals surface area contributed by atoms with Crippen molar-refractivity contribution in [2.24, 2.45) is 0 Å². The fourth-order valence-corrected chi connectivity index (χ4v) is 2.91. The highest BCUT2D eigenvalue weighted by Gasteiger charge is 2.12. The van der Waals surface area contributed by atoms with E-state index in [2.05, 4.69) is 5.32 Å². The third-order valence-electron chi connectivity index (χ3n) is 3.70. The molecule has 0 spiro atoms. The van der Waals surface area contributed by atoms with Crippen molar-refractivity contribution in [3.05, 3.63) is 34.6 Å². The van der Waals surface area contributed by atoms with Crippen LogP contribution in [0.1, 0.15) is 44.1 Å². The van der Waals surface area contributed by atoms with Crippen molar-refractivity contribution in [1.82, 2.24) is 5.32 Å². The minimum Gasteiger partial charge on any atom is -0.314 e. The first-order valence-corrected chi connectivity index (χ1v) is 7.31. The molecule has 1 aromatic rings. The van der Waals surface area contributed by atoms with E-state index in [1.165, 1.54) is 38.2 Å². The van der Waals surface area contributed by atoms with Crippen LogP contribution in [-0.4, -0.2) is 12.6 Å².